The van der Waals surface area contributed by atoms with E-state index in [9.17, 15) is 4.79 Å². The van der Waals surface area contributed by atoms with Crippen LogP contribution in [-0.4, -0.2) is 10.9 Å². The van der Waals surface area contributed by atoms with Gasteiger partial charge in [0, 0.05) is 30.2 Å². The summed E-state index contributed by atoms with van der Waals surface area (Å²) in [4.78, 5) is 15.6. The van der Waals surface area contributed by atoms with Gasteiger partial charge in [-0.05, 0) is 48.4 Å². The third kappa shape index (κ3) is 3.59. The molecule has 3 N–H and O–H groups in total. The zero-order valence-corrected chi connectivity index (χ0v) is 9.97. The van der Waals surface area contributed by atoms with E-state index in [2.05, 4.69) is 10.3 Å². The van der Waals surface area contributed by atoms with Crippen LogP contribution in [0, 0.1) is 0 Å². The number of nitrogens with one attached hydrogen (secondary N) is 1. The van der Waals surface area contributed by atoms with Gasteiger partial charge >= 0.3 is 0 Å². The Morgan fingerprint density at radius 3 is 2.44 bits per heavy atom. The molecule has 92 valence electrons. The molecule has 0 saturated heterocycles. The SMILES string of the molecule is Nc1ccc(NC(=O)CCc2ccncc2)cc1. The van der Waals surface area contributed by atoms with Crippen molar-refractivity contribution >= 4 is 17.3 Å². The summed E-state index contributed by atoms with van der Waals surface area (Å²) in [5.74, 6) is -0.00316. The molecule has 1 aromatic carbocycles. The molecule has 2 aromatic rings. The van der Waals surface area contributed by atoms with Crippen LogP contribution in [0.2, 0.25) is 0 Å². The molecule has 2 rings (SSSR count). The number of hydrogen-bond donors (Lipinski definition) is 2. The number of aryl methyl sites for hydroxylation is 1. The van der Waals surface area contributed by atoms with Crippen molar-refractivity contribution in [2.45, 2.75) is 12.8 Å². The van der Waals surface area contributed by atoms with Gasteiger partial charge in [0.05, 0.1) is 0 Å². The normalized spacial score (nSPS) is 10.0. The van der Waals surface area contributed by atoms with Crippen molar-refractivity contribution in [3.63, 3.8) is 0 Å². The van der Waals surface area contributed by atoms with Gasteiger partial charge < -0.3 is 11.1 Å². The first kappa shape index (κ1) is 12.1. The standard InChI is InChI=1S/C14H15N3O/c15-12-2-4-13(5-3-12)17-14(18)6-1-11-7-9-16-10-8-11/h2-5,7-10H,1,6,15H2,(H,17,18). The van der Waals surface area contributed by atoms with Gasteiger partial charge in [0.25, 0.3) is 0 Å². The second kappa shape index (κ2) is 5.82. The second-order valence-electron chi connectivity index (χ2n) is 4.03. The summed E-state index contributed by atoms with van der Waals surface area (Å²) in [5.41, 5.74) is 8.13. The minimum absolute atomic E-state index is 0.00316. The van der Waals surface area contributed by atoms with E-state index in [1.807, 2.05) is 12.1 Å². The van der Waals surface area contributed by atoms with Crippen LogP contribution in [-0.2, 0) is 11.2 Å². The summed E-state index contributed by atoms with van der Waals surface area (Å²) in [6.07, 6.45) is 4.62. The molecule has 0 aliphatic rings. The summed E-state index contributed by atoms with van der Waals surface area (Å²) in [7, 11) is 0. The molecule has 1 aromatic heterocycles. The number of amides is 1. The third-order valence-electron chi connectivity index (χ3n) is 2.58. The number of rotatable bonds is 4. The van der Waals surface area contributed by atoms with Crippen LogP contribution in [0.4, 0.5) is 11.4 Å². The van der Waals surface area contributed by atoms with Crippen LogP contribution in [0.25, 0.3) is 0 Å². The highest BCUT2D eigenvalue weighted by atomic mass is 16.1. The average Bonchev–Trinajstić information content (AvgIpc) is 2.40. The largest absolute Gasteiger partial charge is 0.399 e. The molecule has 0 bridgehead atoms. The van der Waals surface area contributed by atoms with Crippen molar-refractivity contribution in [1.29, 1.82) is 0 Å². The molecule has 4 heteroatoms. The van der Waals surface area contributed by atoms with Crippen LogP contribution in [0.5, 0.6) is 0 Å². The van der Waals surface area contributed by atoms with Crippen molar-refractivity contribution in [2.24, 2.45) is 0 Å². The Morgan fingerprint density at radius 1 is 1.11 bits per heavy atom. The Labute approximate surface area is 106 Å². The second-order valence-corrected chi connectivity index (χ2v) is 4.03. The van der Waals surface area contributed by atoms with Gasteiger partial charge in [0.15, 0.2) is 0 Å². The molecular weight excluding hydrogens is 226 g/mol. The minimum atomic E-state index is -0.00316. The predicted octanol–water partition coefficient (Wildman–Crippen LogP) is 2.24. The van der Waals surface area contributed by atoms with Crippen LogP contribution >= 0.6 is 0 Å². The summed E-state index contributed by atoms with van der Waals surface area (Å²) in [5, 5.41) is 2.83. The molecule has 0 spiro atoms. The van der Waals surface area contributed by atoms with Crippen LogP contribution in [0.1, 0.15) is 12.0 Å². The van der Waals surface area contributed by atoms with Gasteiger partial charge in [-0.25, -0.2) is 0 Å². The quantitative estimate of drug-likeness (QED) is 0.806. The Balaban J connectivity index is 1.84. The zero-order valence-electron chi connectivity index (χ0n) is 9.97. The van der Waals surface area contributed by atoms with Crippen molar-refractivity contribution in [3.8, 4) is 0 Å². The van der Waals surface area contributed by atoms with E-state index in [4.69, 9.17) is 5.73 Å². The summed E-state index contributed by atoms with van der Waals surface area (Å²) in [6.45, 7) is 0. The first-order valence-corrected chi connectivity index (χ1v) is 5.78. The molecule has 0 radical (unpaired) electrons. The monoisotopic (exact) mass is 241 g/mol. The number of benzene rings is 1. The third-order valence-corrected chi connectivity index (χ3v) is 2.58. The molecule has 0 saturated carbocycles. The average molecular weight is 241 g/mol. The van der Waals surface area contributed by atoms with Crippen molar-refractivity contribution in [3.05, 3.63) is 54.4 Å². The fourth-order valence-corrected chi connectivity index (χ4v) is 1.60. The first-order chi connectivity index (χ1) is 8.74. The van der Waals surface area contributed by atoms with Crippen molar-refractivity contribution in [2.75, 3.05) is 11.1 Å². The van der Waals surface area contributed by atoms with E-state index in [0.29, 0.717) is 18.5 Å². The van der Waals surface area contributed by atoms with Gasteiger partial charge in [-0.15, -0.1) is 0 Å². The highest BCUT2D eigenvalue weighted by molar-refractivity contribution is 5.90. The van der Waals surface area contributed by atoms with Gasteiger partial charge in [0.1, 0.15) is 0 Å². The number of aromatic nitrogens is 1. The maximum Gasteiger partial charge on any atom is 0.224 e. The van der Waals surface area contributed by atoms with Crippen LogP contribution < -0.4 is 11.1 Å². The van der Waals surface area contributed by atoms with Gasteiger partial charge in [-0.3, -0.25) is 9.78 Å². The number of nitrogens with two attached hydrogens (primary N) is 1. The van der Waals surface area contributed by atoms with Crippen molar-refractivity contribution in [1.82, 2.24) is 4.98 Å². The lowest BCUT2D eigenvalue weighted by Crippen LogP contribution is -2.12. The number of nitrogen functional groups attached to an aromatic ring is 1. The van der Waals surface area contributed by atoms with E-state index >= 15 is 0 Å². The maximum atomic E-state index is 11.7. The fourth-order valence-electron chi connectivity index (χ4n) is 1.60. The molecule has 0 aliphatic heterocycles. The fraction of sp³-hybridized carbons (Fsp3) is 0.143. The van der Waals surface area contributed by atoms with Gasteiger partial charge in [-0.2, -0.15) is 0 Å². The summed E-state index contributed by atoms with van der Waals surface area (Å²) < 4.78 is 0. The lowest BCUT2D eigenvalue weighted by molar-refractivity contribution is -0.116. The number of carbonyl (C=O) groups excluding carboxylic acids is 1. The molecule has 0 fully saturated rings. The topological polar surface area (TPSA) is 68.0 Å². The van der Waals surface area contributed by atoms with E-state index in [1.165, 1.54) is 0 Å². The maximum absolute atomic E-state index is 11.7. The van der Waals surface area contributed by atoms with Gasteiger partial charge in [-0.1, -0.05) is 0 Å². The van der Waals surface area contributed by atoms with Crippen LogP contribution in [0.15, 0.2) is 48.8 Å². The summed E-state index contributed by atoms with van der Waals surface area (Å²) >= 11 is 0. The Bertz CT molecular complexity index is 508. The van der Waals surface area contributed by atoms with E-state index < -0.39 is 0 Å². The zero-order chi connectivity index (χ0) is 12.8. The minimum Gasteiger partial charge on any atom is -0.399 e. The van der Waals surface area contributed by atoms with Crippen molar-refractivity contribution < 1.29 is 4.79 Å². The van der Waals surface area contributed by atoms with Crippen LogP contribution in [0.3, 0.4) is 0 Å². The van der Waals surface area contributed by atoms with E-state index in [0.717, 1.165) is 11.3 Å². The number of carbonyl (C=O) groups is 1. The molecule has 18 heavy (non-hydrogen) atoms. The number of anilines is 2. The first-order valence-electron chi connectivity index (χ1n) is 5.78. The molecule has 4 nitrogen and oxygen atoms in total. The van der Waals surface area contributed by atoms with Gasteiger partial charge in [0.2, 0.25) is 5.91 Å². The highest BCUT2D eigenvalue weighted by Crippen LogP contribution is 2.11. The lowest BCUT2D eigenvalue weighted by Gasteiger charge is -2.05. The molecule has 1 amide bonds. The Hall–Kier alpha value is -2.36. The lowest BCUT2D eigenvalue weighted by atomic mass is 10.1. The molecule has 0 aliphatic carbocycles. The van der Waals surface area contributed by atoms with E-state index in [-0.39, 0.29) is 5.91 Å². The highest BCUT2D eigenvalue weighted by Gasteiger charge is 2.02. The number of pyridine rings is 1. The molecule has 1 heterocycles. The Morgan fingerprint density at radius 2 is 1.78 bits per heavy atom. The smallest absolute Gasteiger partial charge is 0.224 e. The molecule has 0 unspecified atom stereocenters. The Kier molecular flexibility index (Phi) is 3.91. The number of hydrogen-bond acceptors (Lipinski definition) is 3. The molecule has 0 atom stereocenters. The van der Waals surface area contributed by atoms with E-state index in [1.54, 1.807) is 36.7 Å². The summed E-state index contributed by atoms with van der Waals surface area (Å²) in [6, 6.07) is 10.9. The number of nitrogens with zero attached hydrogens (tertiary/aromatic N) is 1. The molecular formula is C14H15N3O. The predicted molar refractivity (Wildman–Crippen MR) is 72.0 cm³/mol.